The maximum Gasteiger partial charge on any atom is 0.252 e. The van der Waals surface area contributed by atoms with Crippen LogP contribution in [0.15, 0.2) is 38.2 Å². The summed E-state index contributed by atoms with van der Waals surface area (Å²) in [6.45, 7) is 0.624. The topological polar surface area (TPSA) is 92.3 Å². The molecule has 4 heterocycles. The maximum atomic E-state index is 12.9. The molecule has 1 aliphatic heterocycles. The number of nitrogens with zero attached hydrogens (tertiary/aromatic N) is 3. The molecule has 0 saturated carbocycles. The van der Waals surface area contributed by atoms with Crippen LogP contribution < -0.4 is 5.32 Å². The summed E-state index contributed by atoms with van der Waals surface area (Å²) < 4.78 is 30.5. The van der Waals surface area contributed by atoms with E-state index < -0.39 is 15.9 Å². The fraction of sp³-hybridized carbons (Fsp3) is 0.316. The van der Waals surface area contributed by atoms with Crippen molar-refractivity contribution in [3.8, 4) is 0 Å². The molecule has 0 spiro atoms. The van der Waals surface area contributed by atoms with E-state index in [2.05, 4.69) is 15.3 Å². The number of hydrogen-bond acceptors (Lipinski definition) is 9. The number of carbonyl (C=O) groups excluding carboxylic acids is 1. The third kappa shape index (κ3) is 4.00. The first-order valence-corrected chi connectivity index (χ1v) is 14.7. The second-order valence-electron chi connectivity index (χ2n) is 7.09. The first-order valence-electron chi connectivity index (χ1n) is 9.54. The summed E-state index contributed by atoms with van der Waals surface area (Å²) in [6.07, 6.45) is 3.31. The summed E-state index contributed by atoms with van der Waals surface area (Å²) in [5.41, 5.74) is 1.76. The molecule has 0 bridgehead atoms. The van der Waals surface area contributed by atoms with Gasteiger partial charge in [-0.1, -0.05) is 29.2 Å². The summed E-state index contributed by atoms with van der Waals surface area (Å²) in [7, 11) is -3.55. The molecule has 3 aromatic heterocycles. The molecule has 1 aliphatic rings. The van der Waals surface area contributed by atoms with Gasteiger partial charge in [-0.2, -0.15) is 4.31 Å². The van der Waals surface area contributed by atoms with Crippen molar-refractivity contribution < 1.29 is 13.2 Å². The first-order chi connectivity index (χ1) is 15.0. The second kappa shape index (κ2) is 8.41. The van der Waals surface area contributed by atoms with E-state index in [9.17, 15) is 13.2 Å². The Morgan fingerprint density at radius 3 is 2.71 bits per heavy atom. The Kier molecular flexibility index (Phi) is 5.78. The zero-order chi connectivity index (χ0) is 21.6. The van der Waals surface area contributed by atoms with E-state index in [4.69, 9.17) is 0 Å². The Bertz CT molecular complexity index is 1360. The van der Waals surface area contributed by atoms with Crippen LogP contribution in [-0.4, -0.2) is 47.9 Å². The number of benzene rings is 1. The number of piperidine rings is 1. The highest BCUT2D eigenvalue weighted by Gasteiger charge is 2.34. The van der Waals surface area contributed by atoms with Gasteiger partial charge in [-0.3, -0.25) is 4.79 Å². The van der Waals surface area contributed by atoms with Crippen LogP contribution in [0.3, 0.4) is 0 Å². The minimum Gasteiger partial charge on any atom is -0.302 e. The number of rotatable bonds is 5. The van der Waals surface area contributed by atoms with Crippen molar-refractivity contribution in [3.63, 3.8) is 0 Å². The molecule has 4 aromatic rings. The van der Waals surface area contributed by atoms with E-state index in [1.165, 1.54) is 27.0 Å². The highest BCUT2D eigenvalue weighted by Crippen LogP contribution is 2.38. The minimum absolute atomic E-state index is 0.185. The molecule has 0 radical (unpaired) electrons. The van der Waals surface area contributed by atoms with Crippen molar-refractivity contribution in [1.29, 1.82) is 0 Å². The number of hydrogen-bond donors (Lipinski definition) is 1. The van der Waals surface area contributed by atoms with Gasteiger partial charge in [-0.15, -0.1) is 22.7 Å². The van der Waals surface area contributed by atoms with Crippen LogP contribution in [0.4, 0.5) is 5.13 Å². The Hall–Kier alpha value is -1.57. The average molecular weight is 511 g/mol. The quantitative estimate of drug-likeness (QED) is 0.390. The molecule has 1 atom stereocenters. The monoisotopic (exact) mass is 510 g/mol. The van der Waals surface area contributed by atoms with E-state index in [1.54, 1.807) is 40.6 Å². The Morgan fingerprint density at radius 1 is 1.19 bits per heavy atom. The molecule has 1 saturated heterocycles. The number of fused-ring (bicyclic) bond motifs is 3. The van der Waals surface area contributed by atoms with Gasteiger partial charge in [0.2, 0.25) is 5.91 Å². The Morgan fingerprint density at radius 2 is 1.97 bits per heavy atom. The third-order valence-electron chi connectivity index (χ3n) is 5.14. The van der Waals surface area contributed by atoms with Gasteiger partial charge in [0.25, 0.3) is 10.0 Å². The van der Waals surface area contributed by atoms with Crippen LogP contribution in [-0.2, 0) is 14.8 Å². The highest BCUT2D eigenvalue weighted by atomic mass is 32.2. The smallest absolute Gasteiger partial charge is 0.252 e. The predicted molar refractivity (Wildman–Crippen MR) is 129 cm³/mol. The number of thioether (sulfide) groups is 1. The lowest BCUT2D eigenvalue weighted by molar-refractivity contribution is -0.120. The molecule has 1 amide bonds. The van der Waals surface area contributed by atoms with Crippen molar-refractivity contribution in [2.24, 2.45) is 5.92 Å². The van der Waals surface area contributed by atoms with Gasteiger partial charge in [0, 0.05) is 13.1 Å². The highest BCUT2D eigenvalue weighted by molar-refractivity contribution is 8.00. The maximum absolute atomic E-state index is 12.9. The lowest BCUT2D eigenvalue weighted by atomic mass is 9.99. The summed E-state index contributed by atoms with van der Waals surface area (Å²) >= 11 is 5.87. The van der Waals surface area contributed by atoms with Gasteiger partial charge in [0.15, 0.2) is 9.47 Å². The Balaban J connectivity index is 1.35. The zero-order valence-electron chi connectivity index (χ0n) is 16.4. The number of amides is 1. The van der Waals surface area contributed by atoms with E-state index in [-0.39, 0.29) is 12.5 Å². The molecule has 1 fully saturated rings. The SMILES string of the molecule is CSc1nc2ccc3nc(NC(=O)C4CCCN(S(=O)(=O)c5cccs5)C4)sc3c2s1. The molecule has 31 heavy (non-hydrogen) atoms. The molecular formula is C19H18N4O3S5. The van der Waals surface area contributed by atoms with Crippen molar-refractivity contribution in [2.75, 3.05) is 24.7 Å². The molecular weight excluding hydrogens is 493 g/mol. The van der Waals surface area contributed by atoms with Gasteiger partial charge in [-0.05, 0) is 42.7 Å². The zero-order valence-corrected chi connectivity index (χ0v) is 20.5. The summed E-state index contributed by atoms with van der Waals surface area (Å²) in [4.78, 5) is 22.1. The number of sulfonamides is 1. The van der Waals surface area contributed by atoms with Gasteiger partial charge < -0.3 is 5.32 Å². The number of nitrogens with one attached hydrogen (secondary N) is 1. The molecule has 0 aliphatic carbocycles. The van der Waals surface area contributed by atoms with Crippen molar-refractivity contribution >= 4 is 87.3 Å². The molecule has 7 nitrogen and oxygen atoms in total. The summed E-state index contributed by atoms with van der Waals surface area (Å²) in [5.74, 6) is -0.586. The van der Waals surface area contributed by atoms with Crippen molar-refractivity contribution in [3.05, 3.63) is 29.6 Å². The lowest BCUT2D eigenvalue weighted by Crippen LogP contribution is -2.43. The standard InChI is InChI=1S/C19H18N4O3S5/c1-27-19-21-13-7-6-12-15(16(13)30-19)29-18(20-12)22-17(24)11-4-2-8-23(10-11)31(25,26)14-5-3-9-28-14/h3,5-7,9,11H,2,4,8,10H2,1H3,(H,20,22,24). The number of aromatic nitrogens is 2. The third-order valence-corrected chi connectivity index (χ3v) is 11.6. The molecule has 162 valence electrons. The Labute approximate surface area is 195 Å². The van der Waals surface area contributed by atoms with Gasteiger partial charge in [0.05, 0.1) is 26.4 Å². The molecule has 1 unspecified atom stereocenters. The number of thiazole rings is 2. The molecule has 5 rings (SSSR count). The fourth-order valence-electron chi connectivity index (χ4n) is 3.61. The predicted octanol–water partition coefficient (Wildman–Crippen LogP) is 4.73. The van der Waals surface area contributed by atoms with Gasteiger partial charge in [-0.25, -0.2) is 18.4 Å². The molecule has 12 heteroatoms. The molecule has 1 aromatic carbocycles. The number of anilines is 1. The normalized spacial score (nSPS) is 18.0. The fourth-order valence-corrected chi connectivity index (χ4v) is 8.94. The van der Waals surface area contributed by atoms with E-state index in [1.807, 2.05) is 18.4 Å². The van der Waals surface area contributed by atoms with Crippen LogP contribution in [0.2, 0.25) is 0 Å². The number of thiophene rings is 1. The summed E-state index contributed by atoms with van der Waals surface area (Å²) in [5, 5.41) is 5.20. The van der Waals surface area contributed by atoms with Gasteiger partial charge >= 0.3 is 0 Å². The van der Waals surface area contributed by atoms with Crippen molar-refractivity contribution in [2.45, 2.75) is 21.4 Å². The second-order valence-corrected chi connectivity index (χ2v) is 13.3. The largest absolute Gasteiger partial charge is 0.302 e. The van der Waals surface area contributed by atoms with Crippen molar-refractivity contribution in [1.82, 2.24) is 14.3 Å². The van der Waals surface area contributed by atoms with Crippen LogP contribution in [0.25, 0.3) is 20.4 Å². The van der Waals surface area contributed by atoms with Crippen LogP contribution in [0, 0.1) is 5.92 Å². The van der Waals surface area contributed by atoms with Crippen LogP contribution >= 0.6 is 45.8 Å². The van der Waals surface area contributed by atoms with Crippen LogP contribution in [0.5, 0.6) is 0 Å². The van der Waals surface area contributed by atoms with E-state index in [0.29, 0.717) is 28.7 Å². The molecule has 1 N–H and O–H groups in total. The van der Waals surface area contributed by atoms with Crippen LogP contribution in [0.1, 0.15) is 12.8 Å². The van der Waals surface area contributed by atoms with E-state index in [0.717, 1.165) is 24.8 Å². The lowest BCUT2D eigenvalue weighted by Gasteiger charge is -2.30. The van der Waals surface area contributed by atoms with E-state index >= 15 is 0 Å². The van der Waals surface area contributed by atoms with Gasteiger partial charge in [0.1, 0.15) is 4.21 Å². The first kappa shape index (κ1) is 21.3. The average Bonchev–Trinajstić information content (AvgIpc) is 3.51. The summed E-state index contributed by atoms with van der Waals surface area (Å²) in [6, 6.07) is 7.20. The number of carbonyl (C=O) groups is 1. The minimum atomic E-state index is -3.55.